The molecule has 0 saturated carbocycles. The van der Waals surface area contributed by atoms with Crippen LogP contribution in [0.4, 0.5) is 5.82 Å². The number of rotatable bonds is 2. The van der Waals surface area contributed by atoms with Crippen molar-refractivity contribution in [2.75, 3.05) is 5.73 Å². The second-order valence-corrected chi connectivity index (χ2v) is 4.35. The van der Waals surface area contributed by atoms with Gasteiger partial charge in [-0.1, -0.05) is 28.1 Å². The number of nitrogen functional groups attached to an aromatic ring is 1. The largest absolute Gasteiger partial charge is 0.384 e. The summed E-state index contributed by atoms with van der Waals surface area (Å²) >= 11 is 3.45. The molecule has 1 aromatic carbocycles. The van der Waals surface area contributed by atoms with Crippen LogP contribution in [0.15, 0.2) is 41.0 Å². The summed E-state index contributed by atoms with van der Waals surface area (Å²) < 4.78 is 2.87. The molecule has 3 nitrogen and oxygen atoms in total. The normalized spacial score (nSPS) is 12.7. The summed E-state index contributed by atoms with van der Waals surface area (Å²) in [4.78, 5) is 0. The number of nitrogens with zero attached hydrogens (tertiary/aromatic N) is 2. The molecule has 2 rings (SSSR count). The lowest BCUT2D eigenvalue weighted by molar-refractivity contribution is 0.573. The summed E-state index contributed by atoms with van der Waals surface area (Å²) in [5.74, 6) is 0.683. The van der Waals surface area contributed by atoms with Crippen molar-refractivity contribution in [3.63, 3.8) is 0 Å². The molecule has 78 valence electrons. The third-order valence-electron chi connectivity index (χ3n) is 2.40. The van der Waals surface area contributed by atoms with Gasteiger partial charge in [-0.15, -0.1) is 0 Å². The van der Waals surface area contributed by atoms with Crippen LogP contribution in [0.1, 0.15) is 18.5 Å². The first kappa shape index (κ1) is 10.2. The first-order chi connectivity index (χ1) is 7.18. The molecule has 0 aliphatic rings. The Morgan fingerprint density at radius 3 is 2.80 bits per heavy atom. The van der Waals surface area contributed by atoms with Gasteiger partial charge in [0.05, 0.1) is 12.2 Å². The summed E-state index contributed by atoms with van der Waals surface area (Å²) in [7, 11) is 0. The molecule has 15 heavy (non-hydrogen) atoms. The van der Waals surface area contributed by atoms with E-state index in [0.29, 0.717) is 5.82 Å². The van der Waals surface area contributed by atoms with Crippen LogP contribution in [0, 0.1) is 0 Å². The lowest BCUT2D eigenvalue weighted by atomic mass is 10.1. The summed E-state index contributed by atoms with van der Waals surface area (Å²) in [6.07, 6.45) is 1.71. The molecule has 1 atom stereocenters. The number of anilines is 1. The van der Waals surface area contributed by atoms with E-state index in [1.807, 2.05) is 16.8 Å². The van der Waals surface area contributed by atoms with Crippen LogP contribution in [-0.2, 0) is 0 Å². The van der Waals surface area contributed by atoms with Crippen molar-refractivity contribution in [3.05, 3.63) is 46.6 Å². The van der Waals surface area contributed by atoms with Crippen molar-refractivity contribution in [3.8, 4) is 0 Å². The Morgan fingerprint density at radius 2 is 2.20 bits per heavy atom. The van der Waals surface area contributed by atoms with Gasteiger partial charge in [0.2, 0.25) is 0 Å². The molecular formula is C11H12BrN3. The number of nitrogens with two attached hydrogens (primary N) is 1. The Balaban J connectivity index is 2.36. The van der Waals surface area contributed by atoms with Crippen molar-refractivity contribution in [1.82, 2.24) is 9.78 Å². The predicted octanol–water partition coefficient (Wildman–Crippen LogP) is 2.84. The highest BCUT2D eigenvalue weighted by Gasteiger charge is 2.10. The standard InChI is InChI=1S/C11H12BrN3/c1-8(15-11(13)5-6-14-15)9-3-2-4-10(12)7-9/h2-8H,13H2,1H3. The molecule has 0 saturated heterocycles. The zero-order valence-electron chi connectivity index (χ0n) is 8.39. The molecule has 0 aliphatic heterocycles. The Bertz CT molecular complexity index is 464. The van der Waals surface area contributed by atoms with Gasteiger partial charge >= 0.3 is 0 Å². The van der Waals surface area contributed by atoms with Crippen molar-refractivity contribution in [1.29, 1.82) is 0 Å². The fourth-order valence-corrected chi connectivity index (χ4v) is 1.97. The van der Waals surface area contributed by atoms with Crippen molar-refractivity contribution in [2.45, 2.75) is 13.0 Å². The monoisotopic (exact) mass is 265 g/mol. The highest BCUT2D eigenvalue weighted by Crippen LogP contribution is 2.22. The van der Waals surface area contributed by atoms with E-state index in [1.54, 1.807) is 12.3 Å². The molecule has 0 amide bonds. The summed E-state index contributed by atoms with van der Waals surface area (Å²) in [6, 6.07) is 10.1. The van der Waals surface area contributed by atoms with Crippen LogP contribution in [-0.4, -0.2) is 9.78 Å². The smallest absolute Gasteiger partial charge is 0.122 e. The Kier molecular flexibility index (Phi) is 2.77. The zero-order valence-corrected chi connectivity index (χ0v) is 9.98. The quantitative estimate of drug-likeness (QED) is 0.908. The van der Waals surface area contributed by atoms with Crippen LogP contribution in [0.25, 0.3) is 0 Å². The summed E-state index contributed by atoms with van der Waals surface area (Å²) in [5.41, 5.74) is 6.99. The third-order valence-corrected chi connectivity index (χ3v) is 2.89. The van der Waals surface area contributed by atoms with E-state index < -0.39 is 0 Å². The highest BCUT2D eigenvalue weighted by atomic mass is 79.9. The molecule has 0 spiro atoms. The van der Waals surface area contributed by atoms with Gasteiger partial charge in [-0.2, -0.15) is 5.10 Å². The Morgan fingerprint density at radius 1 is 1.40 bits per heavy atom. The number of benzene rings is 1. The Hall–Kier alpha value is -1.29. The minimum absolute atomic E-state index is 0.150. The lowest BCUT2D eigenvalue weighted by Gasteiger charge is -2.14. The average Bonchev–Trinajstić information content (AvgIpc) is 2.63. The van der Waals surface area contributed by atoms with Crippen LogP contribution in [0.2, 0.25) is 0 Å². The molecule has 2 aromatic rings. The van der Waals surface area contributed by atoms with Crippen molar-refractivity contribution >= 4 is 21.7 Å². The second-order valence-electron chi connectivity index (χ2n) is 3.43. The van der Waals surface area contributed by atoms with E-state index in [2.05, 4.69) is 40.1 Å². The number of hydrogen-bond acceptors (Lipinski definition) is 2. The molecule has 4 heteroatoms. The fraction of sp³-hybridized carbons (Fsp3) is 0.182. The minimum atomic E-state index is 0.150. The SMILES string of the molecule is CC(c1cccc(Br)c1)n1nccc1N. The van der Waals surface area contributed by atoms with E-state index in [1.165, 1.54) is 5.56 Å². The molecule has 0 radical (unpaired) electrons. The van der Waals surface area contributed by atoms with Gasteiger partial charge in [-0.25, -0.2) is 4.68 Å². The highest BCUT2D eigenvalue weighted by molar-refractivity contribution is 9.10. The molecule has 0 bridgehead atoms. The summed E-state index contributed by atoms with van der Waals surface area (Å²) in [6.45, 7) is 2.07. The maximum atomic E-state index is 5.81. The average molecular weight is 266 g/mol. The Labute approximate surface area is 97.0 Å². The topological polar surface area (TPSA) is 43.8 Å². The van der Waals surface area contributed by atoms with E-state index in [-0.39, 0.29) is 6.04 Å². The van der Waals surface area contributed by atoms with Crippen LogP contribution in [0.3, 0.4) is 0 Å². The predicted molar refractivity (Wildman–Crippen MR) is 64.6 cm³/mol. The molecule has 2 N–H and O–H groups in total. The van der Waals surface area contributed by atoms with Gasteiger partial charge in [0.25, 0.3) is 0 Å². The van der Waals surface area contributed by atoms with Gasteiger partial charge < -0.3 is 5.73 Å². The fourth-order valence-electron chi connectivity index (χ4n) is 1.56. The van der Waals surface area contributed by atoms with Gasteiger partial charge in [0.1, 0.15) is 5.82 Å². The van der Waals surface area contributed by atoms with Gasteiger partial charge in [0, 0.05) is 4.47 Å². The van der Waals surface area contributed by atoms with Gasteiger partial charge in [-0.05, 0) is 30.7 Å². The summed E-state index contributed by atoms with van der Waals surface area (Å²) in [5, 5.41) is 4.20. The van der Waals surface area contributed by atoms with Gasteiger partial charge in [0.15, 0.2) is 0 Å². The number of aromatic nitrogens is 2. The van der Waals surface area contributed by atoms with E-state index >= 15 is 0 Å². The zero-order chi connectivity index (χ0) is 10.8. The van der Waals surface area contributed by atoms with E-state index in [9.17, 15) is 0 Å². The molecule has 1 heterocycles. The van der Waals surface area contributed by atoms with E-state index in [4.69, 9.17) is 5.73 Å². The second kappa shape index (κ2) is 4.06. The van der Waals surface area contributed by atoms with Crippen LogP contribution in [0.5, 0.6) is 0 Å². The molecule has 1 unspecified atom stereocenters. The van der Waals surface area contributed by atoms with E-state index in [0.717, 1.165) is 4.47 Å². The third kappa shape index (κ3) is 2.04. The maximum absolute atomic E-state index is 5.81. The number of hydrogen-bond donors (Lipinski definition) is 1. The number of halogens is 1. The lowest BCUT2D eigenvalue weighted by Crippen LogP contribution is -2.11. The maximum Gasteiger partial charge on any atom is 0.122 e. The van der Waals surface area contributed by atoms with Crippen molar-refractivity contribution < 1.29 is 0 Å². The molecule has 1 aromatic heterocycles. The molecular weight excluding hydrogens is 254 g/mol. The van der Waals surface area contributed by atoms with Crippen LogP contribution < -0.4 is 5.73 Å². The minimum Gasteiger partial charge on any atom is -0.384 e. The first-order valence-electron chi connectivity index (χ1n) is 4.73. The molecule has 0 fully saturated rings. The van der Waals surface area contributed by atoms with Crippen molar-refractivity contribution in [2.24, 2.45) is 0 Å². The molecule has 0 aliphatic carbocycles. The first-order valence-corrected chi connectivity index (χ1v) is 5.52. The van der Waals surface area contributed by atoms with Crippen LogP contribution >= 0.6 is 15.9 Å². The van der Waals surface area contributed by atoms with Gasteiger partial charge in [-0.3, -0.25) is 0 Å².